The minimum atomic E-state index is -0.833. The first-order chi connectivity index (χ1) is 50.7. The van der Waals surface area contributed by atoms with Crippen molar-refractivity contribution in [1.29, 1.82) is 16.1 Å². The Labute approximate surface area is 748 Å². The van der Waals surface area contributed by atoms with Gasteiger partial charge in [-0.25, -0.2) is 33.6 Å². The summed E-state index contributed by atoms with van der Waals surface area (Å²) in [6.07, 6.45) is -3.92. The predicted molar refractivity (Wildman–Crippen MR) is 427 cm³/mol. The van der Waals surface area contributed by atoms with Crippen molar-refractivity contribution in [2.75, 3.05) is 61.2 Å². The van der Waals surface area contributed by atoms with E-state index in [1.807, 2.05) is 0 Å². The van der Waals surface area contributed by atoms with Crippen LogP contribution in [0.3, 0.4) is 0 Å². The number of carboxylic acids is 1. The number of amides is 7. The van der Waals surface area contributed by atoms with Gasteiger partial charge in [0.05, 0.1) is 65.5 Å². The number of aromatic nitrogens is 8. The number of hydrogen-bond donors (Lipinski definition) is 18. The fourth-order valence-corrected chi connectivity index (χ4v) is 4.64. The second kappa shape index (κ2) is 79.7. The summed E-state index contributed by atoms with van der Waals surface area (Å²) in [4.78, 5) is 95.6. The number of aliphatic hydroxyl groups is 2. The number of nitrogens with zero attached hydrogens (tertiary/aromatic N) is 12. The average Bonchev–Trinajstić information content (AvgIpc) is 0.897. The van der Waals surface area contributed by atoms with Crippen LogP contribution in [0, 0.1) is 32.3 Å². The van der Waals surface area contributed by atoms with Crippen LogP contribution in [0.2, 0.25) is 0 Å². The molecule has 0 bridgehead atoms. The van der Waals surface area contributed by atoms with Gasteiger partial charge in [0.15, 0.2) is 45.2 Å². The van der Waals surface area contributed by atoms with E-state index in [0.717, 1.165) is 33.6 Å². The Balaban J connectivity index is -0.0000000877. The number of nitrogens with two attached hydrogens (primary N) is 3. The standard InChI is InChI=1S/C14H26N6O4.C14H24N6O4.C8H16N2O3.C7H15N3O2.C7H12N2O2.C4H8N6.C2H4O2.CHCl3.2CH4O.CH3O.2ClH.HNO2.H3N.2Na/c2*1-13(2,3)23-11(21)15-7-9-17-19-10(20-18-9)8-16-12(22)24-14(4,5)6;1-8(2,3)13-7(11)10-5-6(9)12-4;1-7(2,3)12-6(11)10-4-5(8)9;1-7(2,3)11-6(10)9-5-4-8;5-1-3-7-9-4(2-6)10-8-3;1-2(3)4;2-1(3)4;3*1-2;;;2-1-3;;;/h7-8H2,1-6H3,(H,15,21)(H,16,22)(H,17,18)(H,19,20);7-8H2,1-6H3,(H,15,21)(H,16,22);9H,5H2,1-4H3,(H,10,11);4H2,1-3H3,(H3,8,9)(H,10,11);5H2,1-3H3,(H,9,10);1-2,5-6H2;1H3,(H,3,4);1H;2*2H,1H3;1H3;2*1H;(H,2,3);1H3;;/q;;;;;;;;;;-1;;;;;2*+1/p-1. The van der Waals surface area contributed by atoms with Gasteiger partial charge in [-0.1, -0.05) is 34.8 Å². The number of halogens is 5. The van der Waals surface area contributed by atoms with Gasteiger partial charge in [0.25, 0.3) is 5.97 Å². The number of carbonyl (C=O) groups is 8. The first kappa shape index (κ1) is 140. The van der Waals surface area contributed by atoms with Crippen LogP contribution in [0.25, 0.3) is 0 Å². The molecular weight excluding hydrogens is 1670 g/mol. The molecule has 3 heterocycles. The van der Waals surface area contributed by atoms with Crippen molar-refractivity contribution in [1.82, 2.24) is 95.0 Å². The Morgan fingerprint density at radius 2 is 0.672 bits per heavy atom. The number of alkyl carbamates (subject to hydrolysis) is 7. The van der Waals surface area contributed by atoms with E-state index in [1.54, 1.807) is 151 Å². The van der Waals surface area contributed by atoms with Crippen LogP contribution >= 0.6 is 59.6 Å². The van der Waals surface area contributed by atoms with Gasteiger partial charge < -0.3 is 129 Å². The van der Waals surface area contributed by atoms with Crippen molar-refractivity contribution in [3.8, 4) is 6.07 Å². The van der Waals surface area contributed by atoms with Crippen LogP contribution in [-0.2, 0) is 68.9 Å². The van der Waals surface area contributed by atoms with Gasteiger partial charge in [-0.3, -0.25) is 26.5 Å². The fraction of sp³-hybridized carbons (Fsp3) is 0.717. The molecule has 3 rings (SSSR count). The zero-order chi connectivity index (χ0) is 89.2. The van der Waals surface area contributed by atoms with Gasteiger partial charge in [0.2, 0.25) is 0 Å². The molecule has 2 aromatic heterocycles. The number of aliphatic hydroxyl groups excluding tert-OH is 2. The number of nitrogens with one attached hydrogen (secondary N) is 11. The number of alkyl halides is 3. The molecule has 0 fully saturated rings. The molecule has 0 radical (unpaired) electrons. The molecule has 0 atom stereocenters. The SMILES string of the molecule is CC(=O)O.CC(C)(C)OC(=O)NCC#N.CC(C)(C)OC(=O)NCC(=N)N.CC(C)(C)OC(=O)NCC1=NNC(CNC(=O)OC(C)(C)C)=NN1.CC(C)(C)OC(=O)NCc1nnc(CNC(=O)OC(C)(C)C)nn1.CO.CO.COC(=N)CNC(=O)OC(C)(C)C.C[O-].Cl.Cl.ClC(Cl)Cl.N.NCc1nnc(CN)nn1.O=N[O-].[Na+].[Na+]. The monoisotopic (exact) mass is 1790 g/mol. The van der Waals surface area contributed by atoms with Crippen molar-refractivity contribution in [3.05, 3.63) is 33.4 Å². The quantitative estimate of drug-likeness (QED) is 0.0141. The second-order valence-corrected chi connectivity index (χ2v) is 28.3. The van der Waals surface area contributed by atoms with Gasteiger partial charge in [0, 0.05) is 21.1 Å². The molecule has 0 aliphatic carbocycles. The molecule has 1 aliphatic heterocycles. The minimum Gasteiger partial charge on any atom is -0.857 e. The largest absolute Gasteiger partial charge is 1.00 e. The van der Waals surface area contributed by atoms with E-state index in [9.17, 15) is 33.6 Å². The molecule has 23 N–H and O–H groups in total. The topological polar surface area (TPSA) is 767 Å². The van der Waals surface area contributed by atoms with E-state index in [0.29, 0.717) is 23.3 Å². The third-order valence-electron chi connectivity index (χ3n) is 7.88. The smallest absolute Gasteiger partial charge is 0.857 e. The molecule has 0 aromatic carbocycles. The Morgan fingerprint density at radius 1 is 0.483 bits per heavy atom. The van der Waals surface area contributed by atoms with E-state index in [2.05, 4.69) is 104 Å². The molecule has 7 amide bonds. The third-order valence-corrected chi connectivity index (χ3v) is 7.88. The average molecular weight is 1800 g/mol. The molecule has 0 saturated carbocycles. The first-order valence-corrected chi connectivity index (χ1v) is 33.2. The van der Waals surface area contributed by atoms with Crippen LogP contribution in [0.1, 0.15) is 176 Å². The summed E-state index contributed by atoms with van der Waals surface area (Å²) in [5.74, 6) is 1.17. The molecule has 49 nitrogen and oxygen atoms in total. The number of rotatable bonds is 15. The summed E-state index contributed by atoms with van der Waals surface area (Å²) in [5, 5.41) is 116. The van der Waals surface area contributed by atoms with Crippen molar-refractivity contribution in [2.24, 2.45) is 32.7 Å². The third kappa shape index (κ3) is 124. The van der Waals surface area contributed by atoms with Crippen LogP contribution in [0.15, 0.2) is 15.5 Å². The number of nitriles is 1. The van der Waals surface area contributed by atoms with Gasteiger partial charge in [-0.05, 0) is 145 Å². The molecule has 56 heteroatoms. The number of carboxylic acid groups (broad SMARTS) is 1. The van der Waals surface area contributed by atoms with Crippen LogP contribution in [0.5, 0.6) is 0 Å². The number of hydrogen-bond acceptors (Lipinski definition) is 40. The van der Waals surface area contributed by atoms with E-state index < -0.39 is 92.1 Å². The second-order valence-electron chi connectivity index (χ2n) is 26.4. The van der Waals surface area contributed by atoms with E-state index in [1.165, 1.54) is 7.11 Å². The number of amidine groups is 3. The fourth-order valence-electron chi connectivity index (χ4n) is 4.64. The molecular formula is C60H122Cl5N27Na2O22. The van der Waals surface area contributed by atoms with Crippen molar-refractivity contribution >= 4 is 132 Å². The molecule has 666 valence electrons. The normalized spacial score (nSPS) is 10.2. The van der Waals surface area contributed by atoms with Crippen LogP contribution < -0.4 is 136 Å². The Morgan fingerprint density at radius 3 is 0.853 bits per heavy atom. The summed E-state index contributed by atoms with van der Waals surface area (Å²) in [6.45, 7) is 39.1. The summed E-state index contributed by atoms with van der Waals surface area (Å²) < 4.78 is 38.8. The van der Waals surface area contributed by atoms with Gasteiger partial charge >= 0.3 is 102 Å². The Kier molecular flexibility index (Phi) is 96.3. The van der Waals surface area contributed by atoms with Gasteiger partial charge in [-0.15, -0.1) is 70.9 Å². The van der Waals surface area contributed by atoms with Crippen molar-refractivity contribution in [3.63, 3.8) is 0 Å². The zero-order valence-electron chi connectivity index (χ0n) is 71.3. The maximum absolute atomic E-state index is 11.5. The molecule has 0 unspecified atom stereocenters. The zero-order valence-corrected chi connectivity index (χ0v) is 79.2. The Hall–Kier alpha value is -7.78. The van der Waals surface area contributed by atoms with Crippen molar-refractivity contribution in [2.45, 2.75) is 222 Å². The molecule has 0 spiro atoms. The summed E-state index contributed by atoms with van der Waals surface area (Å²) in [7, 11) is 4.12. The maximum Gasteiger partial charge on any atom is 1.00 e. The summed E-state index contributed by atoms with van der Waals surface area (Å²) in [6, 6.07) is 1.77. The van der Waals surface area contributed by atoms with Crippen LogP contribution in [0.4, 0.5) is 33.6 Å². The Bertz CT molecular complexity index is 2920. The van der Waals surface area contributed by atoms with E-state index in [-0.39, 0.29) is 172 Å². The molecule has 0 saturated heterocycles. The minimum absolute atomic E-state index is 0. The van der Waals surface area contributed by atoms with E-state index >= 15 is 0 Å². The first-order valence-electron chi connectivity index (χ1n) is 31.9. The van der Waals surface area contributed by atoms with Crippen LogP contribution in [-0.4, -0.2) is 233 Å². The predicted octanol–water partition coefficient (Wildman–Crippen LogP) is -1.49. The number of carbonyl (C=O) groups excluding carboxylic acids is 7. The summed E-state index contributed by atoms with van der Waals surface area (Å²) in [5.41, 5.74) is 16.9. The van der Waals surface area contributed by atoms with E-state index in [4.69, 9.17) is 137 Å². The number of hydrazone groups is 2. The van der Waals surface area contributed by atoms with Gasteiger partial charge in [0.1, 0.15) is 51.6 Å². The van der Waals surface area contributed by atoms with Crippen molar-refractivity contribution < 1.29 is 156 Å². The molecule has 116 heavy (non-hydrogen) atoms. The number of methoxy groups -OCH3 is 1. The number of aliphatic carboxylic acids is 1. The summed E-state index contributed by atoms with van der Waals surface area (Å²) >= 11 is 14.4. The molecule has 1 aliphatic rings. The number of ether oxygens (including phenoxy) is 8. The van der Waals surface area contributed by atoms with Gasteiger partial charge in [-0.2, -0.15) is 22.6 Å². The maximum atomic E-state index is 11.5. The molecule has 2 aromatic rings.